The standard InChI is InChI=1S/C17H26N2O/c1-13-4-2-7-16(9-8-13)19-17(20)15-6-3-5-14(12-15)10-11-18/h3,5-6,12-13,16H,2,4,7-11,18H2,1H3,(H,19,20). The van der Waals surface area contributed by atoms with E-state index in [1.165, 1.54) is 19.3 Å². The quantitative estimate of drug-likeness (QED) is 0.829. The third-order valence-corrected chi connectivity index (χ3v) is 4.21. The molecule has 3 N–H and O–H groups in total. The molecule has 0 saturated heterocycles. The minimum absolute atomic E-state index is 0.0587. The highest BCUT2D eigenvalue weighted by molar-refractivity contribution is 5.94. The topological polar surface area (TPSA) is 55.1 Å². The van der Waals surface area contributed by atoms with E-state index in [9.17, 15) is 4.79 Å². The molecule has 0 heterocycles. The smallest absolute Gasteiger partial charge is 0.251 e. The summed E-state index contributed by atoms with van der Waals surface area (Å²) in [6.45, 7) is 2.92. The highest BCUT2D eigenvalue weighted by atomic mass is 16.1. The second-order valence-electron chi connectivity index (χ2n) is 6.02. The Morgan fingerprint density at radius 1 is 1.30 bits per heavy atom. The van der Waals surface area contributed by atoms with Crippen LogP contribution in [0.25, 0.3) is 0 Å². The molecule has 0 spiro atoms. The van der Waals surface area contributed by atoms with Crippen LogP contribution in [-0.4, -0.2) is 18.5 Å². The predicted molar refractivity (Wildman–Crippen MR) is 82.7 cm³/mol. The molecule has 0 aliphatic heterocycles. The average Bonchev–Trinajstić information content (AvgIpc) is 2.64. The van der Waals surface area contributed by atoms with Gasteiger partial charge in [0.25, 0.3) is 5.91 Å². The lowest BCUT2D eigenvalue weighted by Crippen LogP contribution is -2.34. The summed E-state index contributed by atoms with van der Waals surface area (Å²) in [5.74, 6) is 0.855. The molecule has 2 atom stereocenters. The van der Waals surface area contributed by atoms with Crippen LogP contribution >= 0.6 is 0 Å². The second-order valence-corrected chi connectivity index (χ2v) is 6.02. The zero-order chi connectivity index (χ0) is 14.4. The number of carbonyl (C=O) groups excluding carboxylic acids is 1. The largest absolute Gasteiger partial charge is 0.349 e. The molecular formula is C17H26N2O. The van der Waals surface area contributed by atoms with E-state index in [0.717, 1.165) is 36.3 Å². The van der Waals surface area contributed by atoms with Crippen molar-refractivity contribution < 1.29 is 4.79 Å². The predicted octanol–water partition coefficient (Wildman–Crippen LogP) is 2.89. The molecule has 1 saturated carbocycles. The molecule has 2 unspecified atom stereocenters. The Bertz CT molecular complexity index is 444. The maximum Gasteiger partial charge on any atom is 0.251 e. The fraction of sp³-hybridized carbons (Fsp3) is 0.588. The molecule has 0 aromatic heterocycles. The van der Waals surface area contributed by atoms with Crippen LogP contribution < -0.4 is 11.1 Å². The van der Waals surface area contributed by atoms with Gasteiger partial charge in [0.2, 0.25) is 0 Å². The first-order chi connectivity index (χ1) is 9.69. The van der Waals surface area contributed by atoms with Gasteiger partial charge in [0.05, 0.1) is 0 Å². The highest BCUT2D eigenvalue weighted by Crippen LogP contribution is 2.22. The van der Waals surface area contributed by atoms with Gasteiger partial charge >= 0.3 is 0 Å². The molecule has 0 bridgehead atoms. The zero-order valence-corrected chi connectivity index (χ0v) is 12.4. The van der Waals surface area contributed by atoms with E-state index >= 15 is 0 Å². The van der Waals surface area contributed by atoms with Crippen LogP contribution in [0.5, 0.6) is 0 Å². The number of hydrogen-bond donors (Lipinski definition) is 2. The third kappa shape index (κ3) is 4.34. The minimum atomic E-state index is 0.0587. The number of nitrogens with one attached hydrogen (secondary N) is 1. The summed E-state index contributed by atoms with van der Waals surface area (Å²) in [5, 5.41) is 3.19. The van der Waals surface area contributed by atoms with Crippen molar-refractivity contribution in [1.82, 2.24) is 5.32 Å². The monoisotopic (exact) mass is 274 g/mol. The summed E-state index contributed by atoms with van der Waals surface area (Å²) in [7, 11) is 0. The van der Waals surface area contributed by atoms with Crippen molar-refractivity contribution in [1.29, 1.82) is 0 Å². The van der Waals surface area contributed by atoms with Crippen molar-refractivity contribution in [2.75, 3.05) is 6.54 Å². The van der Waals surface area contributed by atoms with Gasteiger partial charge in [-0.1, -0.05) is 31.9 Å². The first kappa shape index (κ1) is 15.0. The minimum Gasteiger partial charge on any atom is -0.349 e. The van der Waals surface area contributed by atoms with Gasteiger partial charge in [-0.2, -0.15) is 0 Å². The number of nitrogens with two attached hydrogens (primary N) is 1. The fourth-order valence-electron chi connectivity index (χ4n) is 2.93. The molecule has 1 amide bonds. The van der Waals surface area contributed by atoms with E-state index in [1.54, 1.807) is 0 Å². The molecule has 1 aliphatic carbocycles. The van der Waals surface area contributed by atoms with E-state index in [1.807, 2.05) is 24.3 Å². The van der Waals surface area contributed by atoms with Gasteiger partial charge in [-0.15, -0.1) is 0 Å². The van der Waals surface area contributed by atoms with Crippen LogP contribution in [0.4, 0.5) is 0 Å². The van der Waals surface area contributed by atoms with Gasteiger partial charge in [-0.3, -0.25) is 4.79 Å². The molecular weight excluding hydrogens is 248 g/mol. The van der Waals surface area contributed by atoms with Crippen LogP contribution in [0, 0.1) is 5.92 Å². The number of amides is 1. The summed E-state index contributed by atoms with van der Waals surface area (Å²) in [4.78, 5) is 12.3. The lowest BCUT2D eigenvalue weighted by Gasteiger charge is -2.16. The van der Waals surface area contributed by atoms with Crippen LogP contribution in [0.2, 0.25) is 0 Å². The molecule has 1 fully saturated rings. The van der Waals surface area contributed by atoms with Crippen molar-refractivity contribution in [2.45, 2.75) is 51.5 Å². The van der Waals surface area contributed by atoms with Crippen molar-refractivity contribution in [3.63, 3.8) is 0 Å². The van der Waals surface area contributed by atoms with Crippen molar-refractivity contribution in [2.24, 2.45) is 11.7 Å². The molecule has 3 heteroatoms. The number of rotatable bonds is 4. The summed E-state index contributed by atoms with van der Waals surface area (Å²) < 4.78 is 0. The molecule has 110 valence electrons. The van der Waals surface area contributed by atoms with E-state index < -0.39 is 0 Å². The molecule has 2 rings (SSSR count). The highest BCUT2D eigenvalue weighted by Gasteiger charge is 2.18. The molecule has 1 aromatic rings. The first-order valence-corrected chi connectivity index (χ1v) is 7.79. The average molecular weight is 274 g/mol. The fourth-order valence-corrected chi connectivity index (χ4v) is 2.93. The van der Waals surface area contributed by atoms with E-state index in [-0.39, 0.29) is 5.91 Å². The molecule has 0 radical (unpaired) electrons. The molecule has 3 nitrogen and oxygen atoms in total. The van der Waals surface area contributed by atoms with Crippen LogP contribution in [0.15, 0.2) is 24.3 Å². The maximum absolute atomic E-state index is 12.3. The Labute approximate surface area is 121 Å². The maximum atomic E-state index is 12.3. The van der Waals surface area contributed by atoms with Crippen LogP contribution in [-0.2, 0) is 6.42 Å². The van der Waals surface area contributed by atoms with Gasteiger partial charge in [0.15, 0.2) is 0 Å². The van der Waals surface area contributed by atoms with Crippen molar-refractivity contribution in [3.05, 3.63) is 35.4 Å². The van der Waals surface area contributed by atoms with Crippen LogP contribution in [0.3, 0.4) is 0 Å². The Morgan fingerprint density at radius 3 is 2.95 bits per heavy atom. The third-order valence-electron chi connectivity index (χ3n) is 4.21. The van der Waals surface area contributed by atoms with Gasteiger partial charge in [-0.05, 0) is 55.8 Å². The lowest BCUT2D eigenvalue weighted by atomic mass is 10.0. The van der Waals surface area contributed by atoms with Crippen molar-refractivity contribution >= 4 is 5.91 Å². The lowest BCUT2D eigenvalue weighted by molar-refractivity contribution is 0.0933. The Kier molecular flexibility index (Phi) is 5.60. The number of hydrogen-bond acceptors (Lipinski definition) is 2. The summed E-state index contributed by atoms with van der Waals surface area (Å²) in [5.41, 5.74) is 7.46. The molecule has 20 heavy (non-hydrogen) atoms. The summed E-state index contributed by atoms with van der Waals surface area (Å²) >= 11 is 0. The Morgan fingerprint density at radius 2 is 2.15 bits per heavy atom. The van der Waals surface area contributed by atoms with Crippen LogP contribution in [0.1, 0.15) is 54.9 Å². The van der Waals surface area contributed by atoms with E-state index in [0.29, 0.717) is 12.6 Å². The normalized spacial score (nSPS) is 23.1. The molecule has 1 aliphatic rings. The van der Waals surface area contributed by atoms with Gasteiger partial charge in [0, 0.05) is 11.6 Å². The van der Waals surface area contributed by atoms with E-state index in [4.69, 9.17) is 5.73 Å². The van der Waals surface area contributed by atoms with Crippen molar-refractivity contribution in [3.8, 4) is 0 Å². The van der Waals surface area contributed by atoms with Gasteiger partial charge < -0.3 is 11.1 Å². The Hall–Kier alpha value is -1.35. The SMILES string of the molecule is CC1CCCC(NC(=O)c2cccc(CCN)c2)CC1. The summed E-state index contributed by atoms with van der Waals surface area (Å²) in [6.07, 6.45) is 6.77. The number of benzene rings is 1. The van der Waals surface area contributed by atoms with E-state index in [2.05, 4.69) is 12.2 Å². The number of carbonyl (C=O) groups is 1. The second kappa shape index (κ2) is 7.44. The van der Waals surface area contributed by atoms with Gasteiger partial charge in [0.1, 0.15) is 0 Å². The van der Waals surface area contributed by atoms with Gasteiger partial charge in [-0.25, -0.2) is 0 Å². The summed E-state index contributed by atoms with van der Waals surface area (Å²) in [6, 6.07) is 8.15. The molecule has 1 aromatic carbocycles. The zero-order valence-electron chi connectivity index (χ0n) is 12.4. The first-order valence-electron chi connectivity index (χ1n) is 7.79. The Balaban J connectivity index is 1.95.